The molecule has 2 aliphatic rings. The highest BCUT2D eigenvalue weighted by Crippen LogP contribution is 2.15. The standard InChI is InChI=1S/C16H32N4O2/c1-2-18-6-8-20(9-7-18)14-16(22)17-12-15-4-3-5-19(13-15)10-11-21/h15,21H,2-14H2,1H3,(H,17,22)/t15-/m0/s1. The van der Waals surface area contributed by atoms with Crippen LogP contribution in [0.1, 0.15) is 19.8 Å². The van der Waals surface area contributed by atoms with Crippen LogP contribution in [0.15, 0.2) is 0 Å². The number of β-amino-alcohol motifs (C(OH)–C–C–N with tert-alkyl or cyclic N) is 1. The number of carbonyl (C=O) groups excluding carboxylic acids is 1. The lowest BCUT2D eigenvalue weighted by molar-refractivity contribution is -0.122. The van der Waals surface area contributed by atoms with Crippen LogP contribution >= 0.6 is 0 Å². The highest BCUT2D eigenvalue weighted by molar-refractivity contribution is 5.78. The Kier molecular flexibility index (Phi) is 7.59. The van der Waals surface area contributed by atoms with Gasteiger partial charge in [0.1, 0.15) is 0 Å². The van der Waals surface area contributed by atoms with Gasteiger partial charge in [0.25, 0.3) is 0 Å². The third kappa shape index (κ3) is 5.83. The van der Waals surface area contributed by atoms with E-state index in [1.807, 2.05) is 0 Å². The van der Waals surface area contributed by atoms with Crippen LogP contribution in [0.4, 0.5) is 0 Å². The Morgan fingerprint density at radius 2 is 1.86 bits per heavy atom. The largest absolute Gasteiger partial charge is 0.395 e. The first-order valence-electron chi connectivity index (χ1n) is 8.76. The molecule has 0 spiro atoms. The number of nitrogens with one attached hydrogen (secondary N) is 1. The molecule has 6 nitrogen and oxygen atoms in total. The molecule has 2 rings (SSSR count). The average molecular weight is 312 g/mol. The fourth-order valence-corrected chi connectivity index (χ4v) is 3.44. The maximum Gasteiger partial charge on any atom is 0.234 e. The molecule has 2 aliphatic heterocycles. The number of likely N-dealkylation sites (N-methyl/N-ethyl adjacent to an activating group) is 1. The lowest BCUT2D eigenvalue weighted by atomic mass is 9.98. The molecule has 0 bridgehead atoms. The number of aliphatic hydroxyl groups excluding tert-OH is 1. The fraction of sp³-hybridized carbons (Fsp3) is 0.938. The van der Waals surface area contributed by atoms with Gasteiger partial charge in [-0.05, 0) is 31.8 Å². The zero-order valence-corrected chi connectivity index (χ0v) is 14.0. The Hall–Kier alpha value is -0.690. The number of rotatable bonds is 7. The smallest absolute Gasteiger partial charge is 0.234 e. The van der Waals surface area contributed by atoms with Crippen molar-refractivity contribution < 1.29 is 9.90 Å². The molecule has 22 heavy (non-hydrogen) atoms. The summed E-state index contributed by atoms with van der Waals surface area (Å²) in [6.07, 6.45) is 2.34. The Balaban J connectivity index is 1.61. The lowest BCUT2D eigenvalue weighted by Crippen LogP contribution is -2.50. The molecule has 1 amide bonds. The van der Waals surface area contributed by atoms with Gasteiger partial charge in [-0.15, -0.1) is 0 Å². The van der Waals surface area contributed by atoms with Crippen molar-refractivity contribution in [3.05, 3.63) is 0 Å². The van der Waals surface area contributed by atoms with Gasteiger partial charge in [0, 0.05) is 45.8 Å². The second-order valence-corrected chi connectivity index (χ2v) is 6.55. The first-order valence-corrected chi connectivity index (χ1v) is 8.76. The molecule has 0 aromatic carbocycles. The number of piperidine rings is 1. The van der Waals surface area contributed by atoms with E-state index in [0.29, 0.717) is 12.5 Å². The Labute approximate surface area is 134 Å². The molecule has 2 N–H and O–H groups in total. The maximum atomic E-state index is 12.1. The summed E-state index contributed by atoms with van der Waals surface area (Å²) in [6, 6.07) is 0. The molecule has 6 heteroatoms. The zero-order chi connectivity index (χ0) is 15.8. The first kappa shape index (κ1) is 17.7. The molecule has 1 atom stereocenters. The Morgan fingerprint density at radius 1 is 1.14 bits per heavy atom. The van der Waals surface area contributed by atoms with Crippen molar-refractivity contribution in [2.24, 2.45) is 5.92 Å². The van der Waals surface area contributed by atoms with Crippen LogP contribution in [0.25, 0.3) is 0 Å². The Morgan fingerprint density at radius 3 is 2.55 bits per heavy atom. The van der Waals surface area contributed by atoms with E-state index in [2.05, 4.69) is 26.9 Å². The highest BCUT2D eigenvalue weighted by atomic mass is 16.3. The van der Waals surface area contributed by atoms with Crippen LogP contribution < -0.4 is 5.32 Å². The summed E-state index contributed by atoms with van der Waals surface area (Å²) >= 11 is 0. The molecule has 2 heterocycles. The van der Waals surface area contributed by atoms with Crippen LogP contribution in [0.5, 0.6) is 0 Å². The number of piperazine rings is 1. The minimum Gasteiger partial charge on any atom is -0.395 e. The van der Waals surface area contributed by atoms with Crippen LogP contribution in [-0.2, 0) is 4.79 Å². The molecule has 0 radical (unpaired) electrons. The van der Waals surface area contributed by atoms with Crippen LogP contribution in [0, 0.1) is 5.92 Å². The predicted octanol–water partition coefficient (Wildman–Crippen LogP) is -0.556. The first-order chi connectivity index (χ1) is 10.7. The summed E-state index contributed by atoms with van der Waals surface area (Å²) < 4.78 is 0. The van der Waals surface area contributed by atoms with E-state index in [1.54, 1.807) is 0 Å². The molecular weight excluding hydrogens is 280 g/mol. The van der Waals surface area contributed by atoms with Crippen molar-refractivity contribution in [1.82, 2.24) is 20.0 Å². The number of nitrogens with zero attached hydrogens (tertiary/aromatic N) is 3. The summed E-state index contributed by atoms with van der Waals surface area (Å²) in [7, 11) is 0. The third-order valence-corrected chi connectivity index (χ3v) is 4.89. The van der Waals surface area contributed by atoms with Gasteiger partial charge in [-0.25, -0.2) is 0 Å². The number of carbonyl (C=O) groups is 1. The minimum absolute atomic E-state index is 0.157. The molecule has 128 valence electrons. The SMILES string of the molecule is CCN1CCN(CC(=O)NC[C@@H]2CCCN(CCO)C2)CC1. The monoisotopic (exact) mass is 312 g/mol. The maximum absolute atomic E-state index is 12.1. The highest BCUT2D eigenvalue weighted by Gasteiger charge is 2.21. The quantitative estimate of drug-likeness (QED) is 0.660. The van der Waals surface area contributed by atoms with Gasteiger partial charge in [0.05, 0.1) is 13.2 Å². The van der Waals surface area contributed by atoms with E-state index >= 15 is 0 Å². The van der Waals surface area contributed by atoms with Gasteiger partial charge in [-0.1, -0.05) is 6.92 Å². The summed E-state index contributed by atoms with van der Waals surface area (Å²) in [5.74, 6) is 0.686. The molecule has 0 saturated carbocycles. The minimum atomic E-state index is 0.157. The van der Waals surface area contributed by atoms with Crippen LogP contribution in [0.2, 0.25) is 0 Å². The van der Waals surface area contributed by atoms with Crippen molar-refractivity contribution in [3.8, 4) is 0 Å². The zero-order valence-electron chi connectivity index (χ0n) is 14.0. The molecular formula is C16H32N4O2. The van der Waals surface area contributed by atoms with Gasteiger partial charge >= 0.3 is 0 Å². The van der Waals surface area contributed by atoms with Gasteiger partial charge in [-0.3, -0.25) is 9.69 Å². The topological polar surface area (TPSA) is 59.0 Å². The van der Waals surface area contributed by atoms with Gasteiger partial charge in [-0.2, -0.15) is 0 Å². The van der Waals surface area contributed by atoms with E-state index in [4.69, 9.17) is 5.11 Å². The van der Waals surface area contributed by atoms with Crippen LogP contribution in [0.3, 0.4) is 0 Å². The second kappa shape index (κ2) is 9.45. The predicted molar refractivity (Wildman–Crippen MR) is 87.8 cm³/mol. The summed E-state index contributed by atoms with van der Waals surface area (Å²) in [5.41, 5.74) is 0. The number of likely N-dealkylation sites (tertiary alicyclic amines) is 1. The normalized spacial score (nSPS) is 25.3. The third-order valence-electron chi connectivity index (χ3n) is 4.89. The van der Waals surface area contributed by atoms with Crippen molar-refractivity contribution >= 4 is 5.91 Å². The van der Waals surface area contributed by atoms with E-state index in [0.717, 1.165) is 58.9 Å². The molecule has 2 fully saturated rings. The average Bonchev–Trinajstić information content (AvgIpc) is 2.54. The molecule has 2 saturated heterocycles. The lowest BCUT2D eigenvalue weighted by Gasteiger charge is -2.34. The van der Waals surface area contributed by atoms with E-state index < -0.39 is 0 Å². The fourth-order valence-electron chi connectivity index (χ4n) is 3.44. The van der Waals surface area contributed by atoms with Crippen molar-refractivity contribution in [2.45, 2.75) is 19.8 Å². The summed E-state index contributed by atoms with van der Waals surface area (Å²) in [5, 5.41) is 12.1. The van der Waals surface area contributed by atoms with Gasteiger partial charge in [0.2, 0.25) is 5.91 Å². The summed E-state index contributed by atoms with van der Waals surface area (Å²) in [4.78, 5) is 19.1. The van der Waals surface area contributed by atoms with E-state index in [9.17, 15) is 4.79 Å². The number of hydrogen-bond acceptors (Lipinski definition) is 5. The number of hydrogen-bond donors (Lipinski definition) is 2. The van der Waals surface area contributed by atoms with Crippen molar-refractivity contribution in [3.63, 3.8) is 0 Å². The van der Waals surface area contributed by atoms with Crippen molar-refractivity contribution in [1.29, 1.82) is 0 Å². The van der Waals surface area contributed by atoms with Crippen molar-refractivity contribution in [2.75, 3.05) is 72.1 Å². The summed E-state index contributed by atoms with van der Waals surface area (Å²) in [6.45, 7) is 11.8. The van der Waals surface area contributed by atoms with E-state index in [1.165, 1.54) is 12.8 Å². The second-order valence-electron chi connectivity index (χ2n) is 6.55. The van der Waals surface area contributed by atoms with Crippen LogP contribution in [-0.4, -0.2) is 97.8 Å². The van der Waals surface area contributed by atoms with Gasteiger partial charge < -0.3 is 20.2 Å². The molecule has 0 aromatic heterocycles. The number of amides is 1. The van der Waals surface area contributed by atoms with E-state index in [-0.39, 0.29) is 12.5 Å². The number of aliphatic hydroxyl groups is 1. The molecule has 0 aliphatic carbocycles. The Bertz CT molecular complexity index is 330. The molecule has 0 aromatic rings. The van der Waals surface area contributed by atoms with Gasteiger partial charge in [0.15, 0.2) is 0 Å². The molecule has 0 unspecified atom stereocenters.